The van der Waals surface area contributed by atoms with Crippen LogP contribution in [-0.2, 0) is 0 Å². The molecule has 0 bridgehead atoms. The van der Waals surface area contributed by atoms with E-state index in [1.54, 1.807) is 0 Å². The van der Waals surface area contributed by atoms with Crippen LogP contribution in [0.15, 0.2) is 18.2 Å². The lowest BCUT2D eigenvalue weighted by atomic mass is 10.3. The summed E-state index contributed by atoms with van der Waals surface area (Å²) in [6.45, 7) is 0. The zero-order valence-corrected chi connectivity index (χ0v) is 6.76. The van der Waals surface area contributed by atoms with Crippen LogP contribution in [0.4, 0.5) is 5.69 Å². The lowest BCUT2D eigenvalue weighted by Crippen LogP contribution is -1.86. The fourth-order valence-corrected chi connectivity index (χ4v) is 1.16. The van der Waals surface area contributed by atoms with Crippen molar-refractivity contribution in [3.05, 3.63) is 38.4 Å². The number of nitrogens with zero attached hydrogens (tertiary/aromatic N) is 1. The molecule has 0 radical (unpaired) electrons. The second-order valence-corrected chi connectivity index (χ2v) is 2.76. The molecule has 0 aromatic heterocycles. The van der Waals surface area contributed by atoms with Crippen molar-refractivity contribution in [1.82, 2.24) is 0 Å². The van der Waals surface area contributed by atoms with Gasteiger partial charge in [-0.05, 0) is 6.07 Å². The van der Waals surface area contributed by atoms with Gasteiger partial charge in [-0.1, -0.05) is 23.2 Å². The maximum absolute atomic E-state index is 10.2. The first kappa shape index (κ1) is 8.30. The van der Waals surface area contributed by atoms with Crippen molar-refractivity contribution in [3.8, 4) is 0 Å². The van der Waals surface area contributed by atoms with E-state index in [2.05, 4.69) is 0 Å². The summed E-state index contributed by atoms with van der Waals surface area (Å²) < 4.78 is 0. The number of rotatable bonds is 1. The maximum Gasteiger partial charge on any atom is 0.272 e. The van der Waals surface area contributed by atoms with E-state index < -0.39 is 4.92 Å². The summed E-state index contributed by atoms with van der Waals surface area (Å²) >= 11 is 11.0. The second-order valence-electron chi connectivity index (χ2n) is 1.88. The van der Waals surface area contributed by atoms with Crippen LogP contribution in [0.5, 0.6) is 0 Å². The summed E-state index contributed by atoms with van der Waals surface area (Å²) in [6, 6.07) is 3.93. The Kier molecular flexibility index (Phi) is 2.31. The fourth-order valence-electron chi connectivity index (χ4n) is 0.645. The number of non-ortho nitro benzene ring substituents is 1. The molecular formula is C6H3Cl2NO2. The van der Waals surface area contributed by atoms with E-state index in [0.29, 0.717) is 0 Å². The summed E-state index contributed by atoms with van der Waals surface area (Å²) in [5, 5.41) is 10.7. The summed E-state index contributed by atoms with van der Waals surface area (Å²) in [5.41, 5.74) is -0.0949. The topological polar surface area (TPSA) is 43.1 Å². The molecule has 0 amide bonds. The monoisotopic (exact) mass is 191 g/mol. The molecule has 0 unspecified atom stereocenters. The number of nitro benzene ring substituents is 1. The van der Waals surface area contributed by atoms with Crippen molar-refractivity contribution in [2.45, 2.75) is 0 Å². The molecule has 0 saturated carbocycles. The summed E-state index contributed by atoms with van der Waals surface area (Å²) in [4.78, 5) is 9.65. The standard InChI is InChI=1S/C6H3Cl2NO2/c7-4-1-5(8)3-6(2-4)9(10)11/h1-3H. The number of halogens is 2. The average Bonchev–Trinajstić information content (AvgIpc) is 1.85. The lowest BCUT2D eigenvalue weighted by Gasteiger charge is -1.92. The normalized spacial score (nSPS) is 9.64. The van der Waals surface area contributed by atoms with Gasteiger partial charge in [-0.15, -0.1) is 0 Å². The Hall–Kier alpha value is -0.800. The molecule has 0 aliphatic carbocycles. The average molecular weight is 192 g/mol. The van der Waals surface area contributed by atoms with Gasteiger partial charge in [0, 0.05) is 22.2 Å². The Morgan fingerprint density at radius 2 is 1.64 bits per heavy atom. The van der Waals surface area contributed by atoms with Gasteiger partial charge in [0.15, 0.2) is 0 Å². The van der Waals surface area contributed by atoms with Gasteiger partial charge in [-0.3, -0.25) is 10.1 Å². The third-order valence-corrected chi connectivity index (χ3v) is 1.49. The van der Waals surface area contributed by atoms with Crippen molar-refractivity contribution in [2.24, 2.45) is 0 Å². The zero-order valence-electron chi connectivity index (χ0n) is 5.25. The molecule has 11 heavy (non-hydrogen) atoms. The minimum atomic E-state index is -0.544. The number of nitro groups is 1. The lowest BCUT2D eigenvalue weighted by molar-refractivity contribution is -0.384. The first-order chi connectivity index (χ1) is 5.09. The van der Waals surface area contributed by atoms with E-state index in [9.17, 15) is 10.1 Å². The highest BCUT2D eigenvalue weighted by Gasteiger charge is 2.06. The highest BCUT2D eigenvalue weighted by Crippen LogP contribution is 2.23. The predicted octanol–water partition coefficient (Wildman–Crippen LogP) is 2.90. The number of hydrogen-bond donors (Lipinski definition) is 0. The van der Waals surface area contributed by atoms with E-state index >= 15 is 0 Å². The van der Waals surface area contributed by atoms with Crippen LogP contribution in [0.2, 0.25) is 10.0 Å². The third-order valence-electron chi connectivity index (χ3n) is 1.06. The van der Waals surface area contributed by atoms with Crippen molar-refractivity contribution < 1.29 is 4.92 Å². The van der Waals surface area contributed by atoms with Gasteiger partial charge in [0.1, 0.15) is 0 Å². The number of hydrogen-bond acceptors (Lipinski definition) is 2. The second kappa shape index (κ2) is 3.07. The van der Waals surface area contributed by atoms with Gasteiger partial charge >= 0.3 is 0 Å². The molecule has 1 aromatic carbocycles. The molecule has 5 heteroatoms. The zero-order chi connectivity index (χ0) is 8.43. The SMILES string of the molecule is O=[N+]([O-])c1cc(Cl)cc(Cl)c1. The molecule has 0 N–H and O–H groups in total. The molecule has 0 saturated heterocycles. The van der Waals surface area contributed by atoms with Gasteiger partial charge in [-0.2, -0.15) is 0 Å². The van der Waals surface area contributed by atoms with E-state index in [0.717, 1.165) is 0 Å². The van der Waals surface area contributed by atoms with Crippen LogP contribution in [-0.4, -0.2) is 4.92 Å². The summed E-state index contributed by atoms with van der Waals surface area (Å²) in [6.07, 6.45) is 0. The largest absolute Gasteiger partial charge is 0.272 e. The van der Waals surface area contributed by atoms with Gasteiger partial charge in [-0.25, -0.2) is 0 Å². The van der Waals surface area contributed by atoms with Crippen molar-refractivity contribution >= 4 is 28.9 Å². The van der Waals surface area contributed by atoms with E-state index in [1.165, 1.54) is 18.2 Å². The van der Waals surface area contributed by atoms with Crippen LogP contribution in [0.3, 0.4) is 0 Å². The fraction of sp³-hybridized carbons (Fsp3) is 0. The first-order valence-electron chi connectivity index (χ1n) is 2.70. The molecule has 3 nitrogen and oxygen atoms in total. The molecular weight excluding hydrogens is 189 g/mol. The van der Waals surface area contributed by atoms with Crippen LogP contribution in [0, 0.1) is 10.1 Å². The Bertz CT molecular complexity index is 280. The van der Waals surface area contributed by atoms with Crippen LogP contribution in [0.1, 0.15) is 0 Å². The van der Waals surface area contributed by atoms with E-state index in [4.69, 9.17) is 23.2 Å². The Morgan fingerprint density at radius 1 is 1.18 bits per heavy atom. The first-order valence-corrected chi connectivity index (χ1v) is 3.45. The summed E-state index contributed by atoms with van der Waals surface area (Å²) in [5.74, 6) is 0. The van der Waals surface area contributed by atoms with Gasteiger partial charge in [0.05, 0.1) is 4.92 Å². The molecule has 1 rings (SSSR count). The van der Waals surface area contributed by atoms with Crippen LogP contribution >= 0.6 is 23.2 Å². The molecule has 0 atom stereocenters. The number of benzene rings is 1. The molecule has 0 aliphatic heterocycles. The van der Waals surface area contributed by atoms with Crippen molar-refractivity contribution in [2.75, 3.05) is 0 Å². The van der Waals surface area contributed by atoms with Crippen molar-refractivity contribution in [3.63, 3.8) is 0 Å². The van der Waals surface area contributed by atoms with E-state index in [-0.39, 0.29) is 15.7 Å². The molecule has 0 fully saturated rings. The molecule has 1 aromatic rings. The quantitative estimate of drug-likeness (QED) is 0.507. The Morgan fingerprint density at radius 3 is 2.00 bits per heavy atom. The third kappa shape index (κ3) is 2.06. The van der Waals surface area contributed by atoms with E-state index in [1.807, 2.05) is 0 Å². The molecule has 0 aliphatic rings. The Balaban J connectivity index is 3.19. The smallest absolute Gasteiger partial charge is 0.258 e. The van der Waals surface area contributed by atoms with Gasteiger partial charge in [0.25, 0.3) is 5.69 Å². The molecule has 0 heterocycles. The van der Waals surface area contributed by atoms with Gasteiger partial charge < -0.3 is 0 Å². The summed E-state index contributed by atoms with van der Waals surface area (Å²) in [7, 11) is 0. The minimum Gasteiger partial charge on any atom is -0.258 e. The van der Waals surface area contributed by atoms with Crippen LogP contribution < -0.4 is 0 Å². The Labute approximate surface area is 72.7 Å². The molecule has 58 valence electrons. The molecule has 0 spiro atoms. The van der Waals surface area contributed by atoms with Crippen molar-refractivity contribution in [1.29, 1.82) is 0 Å². The highest BCUT2D eigenvalue weighted by atomic mass is 35.5. The minimum absolute atomic E-state index is 0.0949. The highest BCUT2D eigenvalue weighted by molar-refractivity contribution is 6.34. The van der Waals surface area contributed by atoms with Gasteiger partial charge in [0.2, 0.25) is 0 Å². The predicted molar refractivity (Wildman–Crippen MR) is 43.1 cm³/mol. The van der Waals surface area contributed by atoms with Crippen LogP contribution in [0.25, 0.3) is 0 Å². The maximum atomic E-state index is 10.2.